The van der Waals surface area contributed by atoms with Crippen LogP contribution in [0.2, 0.25) is 0 Å². The molecule has 110 valence electrons. The van der Waals surface area contributed by atoms with Crippen LogP contribution in [0.25, 0.3) is 0 Å². The maximum Gasteiger partial charge on any atom is 0.310 e. The Balaban J connectivity index is 1.92. The lowest BCUT2D eigenvalue weighted by molar-refractivity contribution is -0.147. The van der Waals surface area contributed by atoms with Crippen LogP contribution in [0.5, 0.6) is 0 Å². The fourth-order valence-corrected chi connectivity index (χ4v) is 3.47. The second kappa shape index (κ2) is 5.80. The molecule has 2 atom stereocenters. The zero-order valence-electron chi connectivity index (χ0n) is 12.6. The quantitative estimate of drug-likeness (QED) is 0.851. The number of hydrogen-bond acceptors (Lipinski definition) is 3. The highest BCUT2D eigenvalue weighted by molar-refractivity contribution is 5.74. The van der Waals surface area contributed by atoms with E-state index in [1.54, 1.807) is 0 Å². The zero-order valence-corrected chi connectivity index (χ0v) is 12.6. The second-order valence-corrected chi connectivity index (χ2v) is 6.80. The number of carbonyl (C=O) groups is 1. The summed E-state index contributed by atoms with van der Waals surface area (Å²) in [6.45, 7) is 10.5. The van der Waals surface area contributed by atoms with Crippen LogP contribution in [0.3, 0.4) is 0 Å². The third-order valence-corrected chi connectivity index (χ3v) is 5.00. The van der Waals surface area contributed by atoms with Gasteiger partial charge in [-0.2, -0.15) is 0 Å². The van der Waals surface area contributed by atoms with Crippen molar-refractivity contribution in [3.8, 4) is 0 Å². The van der Waals surface area contributed by atoms with Crippen LogP contribution in [0, 0.1) is 5.41 Å². The molecule has 0 spiro atoms. The number of rotatable bonds is 3. The maximum atomic E-state index is 11.3. The van der Waals surface area contributed by atoms with Gasteiger partial charge in [-0.05, 0) is 66.1 Å². The molecule has 1 N–H and O–H groups in total. The van der Waals surface area contributed by atoms with Crippen LogP contribution in [0.1, 0.15) is 46.5 Å². The van der Waals surface area contributed by atoms with Gasteiger partial charge >= 0.3 is 5.97 Å². The standard InChI is InChI=1S/C15H28N2O2/c1-12(2)16-8-4-5-13(6-9-16)17-10-7-15(3,11-17)14(18)19/h12-13H,4-11H2,1-3H3,(H,18,19). The van der Waals surface area contributed by atoms with E-state index in [2.05, 4.69) is 23.6 Å². The molecule has 2 heterocycles. The number of carboxylic acid groups (broad SMARTS) is 1. The van der Waals surface area contributed by atoms with Gasteiger partial charge in [-0.1, -0.05) is 0 Å². The Morgan fingerprint density at radius 1 is 1.26 bits per heavy atom. The minimum Gasteiger partial charge on any atom is -0.481 e. The number of likely N-dealkylation sites (tertiary alicyclic amines) is 2. The van der Waals surface area contributed by atoms with Crippen LogP contribution in [-0.2, 0) is 4.79 Å². The van der Waals surface area contributed by atoms with Gasteiger partial charge in [0, 0.05) is 18.6 Å². The van der Waals surface area contributed by atoms with Crippen LogP contribution >= 0.6 is 0 Å². The number of hydrogen-bond donors (Lipinski definition) is 1. The van der Waals surface area contributed by atoms with Gasteiger partial charge in [-0.25, -0.2) is 0 Å². The van der Waals surface area contributed by atoms with Crippen LogP contribution < -0.4 is 0 Å². The van der Waals surface area contributed by atoms with Crippen molar-refractivity contribution in [2.45, 2.75) is 58.5 Å². The topological polar surface area (TPSA) is 43.8 Å². The van der Waals surface area contributed by atoms with Gasteiger partial charge in [0.15, 0.2) is 0 Å². The van der Waals surface area contributed by atoms with Crippen LogP contribution in [0.15, 0.2) is 0 Å². The van der Waals surface area contributed by atoms with E-state index in [9.17, 15) is 9.90 Å². The Morgan fingerprint density at radius 2 is 2.00 bits per heavy atom. The molecule has 0 aromatic rings. The molecule has 0 saturated carbocycles. The summed E-state index contributed by atoms with van der Waals surface area (Å²) in [6, 6.07) is 1.21. The summed E-state index contributed by atoms with van der Waals surface area (Å²) in [4.78, 5) is 16.3. The van der Waals surface area contributed by atoms with Gasteiger partial charge in [0.25, 0.3) is 0 Å². The van der Waals surface area contributed by atoms with Crippen molar-refractivity contribution in [3.63, 3.8) is 0 Å². The molecule has 0 amide bonds. The Hall–Kier alpha value is -0.610. The fourth-order valence-electron chi connectivity index (χ4n) is 3.47. The number of carboxylic acids is 1. The van der Waals surface area contributed by atoms with E-state index >= 15 is 0 Å². The normalized spacial score (nSPS) is 34.6. The van der Waals surface area contributed by atoms with E-state index < -0.39 is 11.4 Å². The molecule has 0 aromatic carbocycles. The molecule has 2 rings (SSSR count). The third-order valence-electron chi connectivity index (χ3n) is 5.00. The molecule has 4 nitrogen and oxygen atoms in total. The molecular formula is C15H28N2O2. The van der Waals surface area contributed by atoms with Crippen molar-refractivity contribution in [1.82, 2.24) is 9.80 Å². The van der Waals surface area contributed by atoms with Crippen molar-refractivity contribution < 1.29 is 9.90 Å². The minimum atomic E-state index is -0.632. The first-order valence-electron chi connectivity index (χ1n) is 7.64. The van der Waals surface area contributed by atoms with Crippen molar-refractivity contribution in [3.05, 3.63) is 0 Å². The summed E-state index contributed by atoms with van der Waals surface area (Å²) >= 11 is 0. The predicted molar refractivity (Wildman–Crippen MR) is 76.3 cm³/mol. The number of aliphatic carboxylic acids is 1. The molecule has 2 aliphatic rings. The largest absolute Gasteiger partial charge is 0.481 e. The van der Waals surface area contributed by atoms with Gasteiger partial charge in [0.1, 0.15) is 0 Å². The average molecular weight is 268 g/mol. The molecule has 4 heteroatoms. The van der Waals surface area contributed by atoms with E-state index in [1.165, 1.54) is 25.8 Å². The average Bonchev–Trinajstić information content (AvgIpc) is 2.61. The lowest BCUT2D eigenvalue weighted by Gasteiger charge is -2.29. The molecule has 0 radical (unpaired) electrons. The van der Waals surface area contributed by atoms with Crippen molar-refractivity contribution in [2.75, 3.05) is 26.2 Å². The van der Waals surface area contributed by atoms with Gasteiger partial charge < -0.3 is 10.0 Å². The summed E-state index contributed by atoms with van der Waals surface area (Å²) in [6.07, 6.45) is 4.45. The first-order valence-corrected chi connectivity index (χ1v) is 7.64. The highest BCUT2D eigenvalue weighted by Gasteiger charge is 2.42. The second-order valence-electron chi connectivity index (χ2n) is 6.80. The molecule has 2 aliphatic heterocycles. The first kappa shape index (κ1) is 14.8. The van der Waals surface area contributed by atoms with E-state index in [0.717, 1.165) is 26.1 Å². The van der Waals surface area contributed by atoms with E-state index in [4.69, 9.17) is 0 Å². The van der Waals surface area contributed by atoms with Crippen LogP contribution in [-0.4, -0.2) is 59.1 Å². The Labute approximate surface area is 116 Å². The Morgan fingerprint density at radius 3 is 2.58 bits per heavy atom. The lowest BCUT2D eigenvalue weighted by Crippen LogP contribution is -2.38. The molecular weight excluding hydrogens is 240 g/mol. The molecule has 0 bridgehead atoms. The Kier molecular flexibility index (Phi) is 4.51. The summed E-state index contributed by atoms with van der Waals surface area (Å²) in [5, 5.41) is 9.32. The fraction of sp³-hybridized carbons (Fsp3) is 0.933. The molecule has 2 saturated heterocycles. The van der Waals surface area contributed by atoms with Crippen molar-refractivity contribution in [2.24, 2.45) is 5.41 Å². The predicted octanol–water partition coefficient (Wildman–Crippen LogP) is 2.05. The van der Waals surface area contributed by atoms with E-state index in [-0.39, 0.29) is 0 Å². The lowest BCUT2D eigenvalue weighted by atomic mass is 9.90. The monoisotopic (exact) mass is 268 g/mol. The number of nitrogens with zero attached hydrogens (tertiary/aromatic N) is 2. The molecule has 0 aliphatic carbocycles. The highest BCUT2D eigenvalue weighted by atomic mass is 16.4. The van der Waals surface area contributed by atoms with Crippen LogP contribution in [0.4, 0.5) is 0 Å². The third kappa shape index (κ3) is 3.29. The molecule has 19 heavy (non-hydrogen) atoms. The SMILES string of the molecule is CC(C)N1CCCC(N2CCC(C)(C(=O)O)C2)CC1. The van der Waals surface area contributed by atoms with Gasteiger partial charge in [0.2, 0.25) is 0 Å². The smallest absolute Gasteiger partial charge is 0.310 e. The van der Waals surface area contributed by atoms with E-state index in [0.29, 0.717) is 12.1 Å². The van der Waals surface area contributed by atoms with Gasteiger partial charge in [0.05, 0.1) is 5.41 Å². The summed E-state index contributed by atoms with van der Waals surface area (Å²) in [5.74, 6) is -0.632. The molecule has 2 fully saturated rings. The zero-order chi connectivity index (χ0) is 14.0. The van der Waals surface area contributed by atoms with Crippen molar-refractivity contribution >= 4 is 5.97 Å². The summed E-state index contributed by atoms with van der Waals surface area (Å²) in [7, 11) is 0. The Bertz CT molecular complexity index is 332. The molecule has 2 unspecified atom stereocenters. The van der Waals surface area contributed by atoms with Gasteiger partial charge in [-0.15, -0.1) is 0 Å². The minimum absolute atomic E-state index is 0.524. The van der Waals surface area contributed by atoms with Gasteiger partial charge in [-0.3, -0.25) is 9.69 Å². The highest BCUT2D eigenvalue weighted by Crippen LogP contribution is 2.33. The van der Waals surface area contributed by atoms with E-state index in [1.807, 2.05) is 6.92 Å². The van der Waals surface area contributed by atoms with Crippen molar-refractivity contribution in [1.29, 1.82) is 0 Å². The first-order chi connectivity index (χ1) is 8.92. The maximum absolute atomic E-state index is 11.3. The summed E-state index contributed by atoms with van der Waals surface area (Å²) in [5.41, 5.74) is -0.524. The summed E-state index contributed by atoms with van der Waals surface area (Å²) < 4.78 is 0. The molecule has 0 aromatic heterocycles.